The van der Waals surface area contributed by atoms with E-state index in [2.05, 4.69) is 56.6 Å². The first-order valence-electron chi connectivity index (χ1n) is 6.23. The summed E-state index contributed by atoms with van der Waals surface area (Å²) in [6, 6.07) is 0.430. The third-order valence-electron chi connectivity index (χ3n) is 2.84. The highest BCUT2D eigenvalue weighted by molar-refractivity contribution is 5.52. The van der Waals surface area contributed by atoms with Gasteiger partial charge in [-0.2, -0.15) is 5.10 Å². The molecule has 0 saturated carbocycles. The van der Waals surface area contributed by atoms with E-state index in [9.17, 15) is 0 Å². The fourth-order valence-corrected chi connectivity index (χ4v) is 1.91. The first-order valence-corrected chi connectivity index (χ1v) is 6.23. The van der Waals surface area contributed by atoms with Crippen molar-refractivity contribution in [3.63, 3.8) is 0 Å². The maximum Gasteiger partial charge on any atom is 0.0828 e. The van der Waals surface area contributed by atoms with Crippen molar-refractivity contribution in [1.29, 1.82) is 0 Å². The summed E-state index contributed by atoms with van der Waals surface area (Å²) in [4.78, 5) is 0. The Morgan fingerprint density at radius 1 is 1.19 bits per heavy atom. The molecule has 1 aromatic heterocycles. The van der Waals surface area contributed by atoms with E-state index in [1.807, 2.05) is 0 Å². The van der Waals surface area contributed by atoms with Gasteiger partial charge in [0.15, 0.2) is 0 Å². The number of nitrogens with one attached hydrogen (secondary N) is 1. The van der Waals surface area contributed by atoms with Gasteiger partial charge in [0, 0.05) is 12.6 Å². The minimum atomic E-state index is 0.430. The van der Waals surface area contributed by atoms with Crippen LogP contribution in [0.1, 0.15) is 51.5 Å². The van der Waals surface area contributed by atoms with Crippen molar-refractivity contribution in [3.05, 3.63) is 11.4 Å². The van der Waals surface area contributed by atoms with E-state index in [-0.39, 0.29) is 0 Å². The van der Waals surface area contributed by atoms with Gasteiger partial charge in [0.05, 0.1) is 17.1 Å². The number of rotatable bonds is 5. The average molecular weight is 223 g/mol. The Morgan fingerprint density at radius 3 is 2.25 bits per heavy atom. The first kappa shape index (κ1) is 13.1. The molecule has 1 aromatic rings. The molecule has 92 valence electrons. The second-order valence-electron chi connectivity index (χ2n) is 5.19. The summed E-state index contributed by atoms with van der Waals surface area (Å²) in [5.41, 5.74) is 3.57. The highest BCUT2D eigenvalue weighted by Gasteiger charge is 2.12. The minimum Gasteiger partial charge on any atom is -0.382 e. The summed E-state index contributed by atoms with van der Waals surface area (Å²) in [5.74, 6) is 0.744. The fourth-order valence-electron chi connectivity index (χ4n) is 1.91. The van der Waals surface area contributed by atoms with E-state index in [0.717, 1.165) is 18.2 Å². The zero-order chi connectivity index (χ0) is 12.3. The lowest BCUT2D eigenvalue weighted by Gasteiger charge is -2.10. The second kappa shape index (κ2) is 5.37. The number of hydrogen-bond acceptors (Lipinski definition) is 2. The summed E-state index contributed by atoms with van der Waals surface area (Å²) < 4.78 is 2.09. The maximum absolute atomic E-state index is 4.56. The van der Waals surface area contributed by atoms with E-state index in [0.29, 0.717) is 6.04 Å². The number of nitrogens with zero attached hydrogens (tertiary/aromatic N) is 2. The summed E-state index contributed by atoms with van der Waals surface area (Å²) in [5, 5.41) is 8.07. The molecule has 0 radical (unpaired) electrons. The van der Waals surface area contributed by atoms with Crippen molar-refractivity contribution in [3.8, 4) is 0 Å². The molecule has 3 nitrogen and oxygen atoms in total. The number of hydrogen-bond donors (Lipinski definition) is 1. The van der Waals surface area contributed by atoms with Crippen LogP contribution in [0.3, 0.4) is 0 Å². The highest BCUT2D eigenvalue weighted by atomic mass is 15.3. The lowest BCUT2D eigenvalue weighted by molar-refractivity contribution is 0.516. The predicted octanol–water partition coefficient (Wildman–Crippen LogP) is 3.54. The van der Waals surface area contributed by atoms with Crippen molar-refractivity contribution < 1.29 is 0 Å². The van der Waals surface area contributed by atoms with E-state index >= 15 is 0 Å². The molecule has 0 aliphatic rings. The predicted molar refractivity (Wildman–Crippen MR) is 70.0 cm³/mol. The maximum atomic E-state index is 4.56. The van der Waals surface area contributed by atoms with E-state index < -0.39 is 0 Å². The van der Waals surface area contributed by atoms with Gasteiger partial charge in [0.1, 0.15) is 0 Å². The van der Waals surface area contributed by atoms with Crippen LogP contribution in [0.25, 0.3) is 0 Å². The molecular weight excluding hydrogens is 198 g/mol. The van der Waals surface area contributed by atoms with Crippen molar-refractivity contribution in [2.24, 2.45) is 5.92 Å². The summed E-state index contributed by atoms with van der Waals surface area (Å²) in [6.07, 6.45) is 1.20. The molecule has 0 spiro atoms. The van der Waals surface area contributed by atoms with Crippen LogP contribution >= 0.6 is 0 Å². The van der Waals surface area contributed by atoms with Crippen LogP contribution < -0.4 is 5.32 Å². The molecule has 0 bridgehead atoms. The first-order chi connectivity index (χ1) is 7.43. The zero-order valence-corrected chi connectivity index (χ0v) is 11.5. The quantitative estimate of drug-likeness (QED) is 0.827. The van der Waals surface area contributed by atoms with Gasteiger partial charge in [-0.15, -0.1) is 0 Å². The van der Waals surface area contributed by atoms with E-state index in [4.69, 9.17) is 0 Å². The number of aryl methyl sites for hydroxylation is 1. The largest absolute Gasteiger partial charge is 0.382 e. The van der Waals surface area contributed by atoms with E-state index in [1.54, 1.807) is 0 Å². The van der Waals surface area contributed by atoms with Crippen molar-refractivity contribution in [2.75, 3.05) is 11.9 Å². The third-order valence-corrected chi connectivity index (χ3v) is 2.84. The molecule has 0 aromatic carbocycles. The SMILES string of the molecule is Cc1nn(C(C)C)c(C)c1NCCC(C)C. The van der Waals surface area contributed by atoms with Crippen LogP contribution in [0.15, 0.2) is 0 Å². The Hall–Kier alpha value is -0.990. The fraction of sp³-hybridized carbons (Fsp3) is 0.769. The summed E-state index contributed by atoms with van der Waals surface area (Å²) >= 11 is 0. The molecule has 0 unspecified atom stereocenters. The lowest BCUT2D eigenvalue weighted by atomic mass is 10.1. The normalized spacial score (nSPS) is 11.5. The smallest absolute Gasteiger partial charge is 0.0828 e. The van der Waals surface area contributed by atoms with Crippen LogP contribution in [0.5, 0.6) is 0 Å². The van der Waals surface area contributed by atoms with Crippen molar-refractivity contribution in [2.45, 2.75) is 54.0 Å². The molecule has 1 N–H and O–H groups in total. The molecule has 0 aliphatic heterocycles. The van der Waals surface area contributed by atoms with Gasteiger partial charge in [0.2, 0.25) is 0 Å². The molecule has 1 rings (SSSR count). The van der Waals surface area contributed by atoms with Gasteiger partial charge >= 0.3 is 0 Å². The monoisotopic (exact) mass is 223 g/mol. The Balaban J connectivity index is 2.72. The van der Waals surface area contributed by atoms with Gasteiger partial charge in [0.25, 0.3) is 0 Å². The van der Waals surface area contributed by atoms with Gasteiger partial charge in [-0.25, -0.2) is 0 Å². The van der Waals surface area contributed by atoms with Gasteiger partial charge in [-0.05, 0) is 40.0 Å². The Kier molecular flexibility index (Phi) is 4.39. The standard InChI is InChI=1S/C13H25N3/c1-9(2)7-8-14-13-11(5)15-16(10(3)4)12(13)6/h9-10,14H,7-8H2,1-6H3. The second-order valence-corrected chi connectivity index (χ2v) is 5.19. The molecule has 3 heteroatoms. The van der Waals surface area contributed by atoms with Crippen LogP contribution in [-0.2, 0) is 0 Å². The molecule has 0 atom stereocenters. The Labute approximate surface area is 99.2 Å². The molecule has 0 amide bonds. The van der Waals surface area contributed by atoms with Crippen LogP contribution in [0.2, 0.25) is 0 Å². The van der Waals surface area contributed by atoms with Crippen LogP contribution in [0.4, 0.5) is 5.69 Å². The third kappa shape index (κ3) is 3.00. The summed E-state index contributed by atoms with van der Waals surface area (Å²) in [7, 11) is 0. The molecule has 16 heavy (non-hydrogen) atoms. The van der Waals surface area contributed by atoms with Gasteiger partial charge < -0.3 is 5.32 Å². The topological polar surface area (TPSA) is 29.9 Å². The Bertz CT molecular complexity index is 337. The molecule has 0 fully saturated rings. The number of anilines is 1. The average Bonchev–Trinajstić information content (AvgIpc) is 2.44. The Morgan fingerprint density at radius 2 is 1.81 bits per heavy atom. The molecule has 0 saturated heterocycles. The van der Waals surface area contributed by atoms with Gasteiger partial charge in [-0.1, -0.05) is 13.8 Å². The summed E-state index contributed by atoms with van der Waals surface area (Å²) in [6.45, 7) is 14.1. The lowest BCUT2D eigenvalue weighted by Crippen LogP contribution is -2.08. The molecule has 1 heterocycles. The van der Waals surface area contributed by atoms with Crippen molar-refractivity contribution in [1.82, 2.24) is 9.78 Å². The molecular formula is C13H25N3. The zero-order valence-electron chi connectivity index (χ0n) is 11.5. The van der Waals surface area contributed by atoms with Crippen LogP contribution in [-0.4, -0.2) is 16.3 Å². The van der Waals surface area contributed by atoms with Crippen molar-refractivity contribution >= 4 is 5.69 Å². The van der Waals surface area contributed by atoms with E-state index in [1.165, 1.54) is 17.8 Å². The minimum absolute atomic E-state index is 0.430. The van der Waals surface area contributed by atoms with Crippen LogP contribution in [0, 0.1) is 19.8 Å². The highest BCUT2D eigenvalue weighted by Crippen LogP contribution is 2.22. The van der Waals surface area contributed by atoms with Gasteiger partial charge in [-0.3, -0.25) is 4.68 Å². The number of aromatic nitrogens is 2. The molecule has 0 aliphatic carbocycles.